The first-order valence-electron chi connectivity index (χ1n) is 5.63. The number of rotatable bonds is 2. The van der Waals surface area contributed by atoms with Crippen molar-refractivity contribution in [2.45, 2.75) is 6.92 Å². The van der Waals surface area contributed by atoms with Crippen LogP contribution in [0, 0.1) is 17.7 Å². The van der Waals surface area contributed by atoms with Crippen molar-refractivity contribution in [2.24, 2.45) is 0 Å². The third-order valence-electron chi connectivity index (χ3n) is 2.69. The molecule has 2 aromatic rings. The van der Waals surface area contributed by atoms with Crippen molar-refractivity contribution >= 4 is 21.7 Å². The van der Waals surface area contributed by atoms with E-state index in [1.807, 2.05) is 19.1 Å². The number of nitrogens with zero attached hydrogens (tertiary/aromatic N) is 2. The number of hydrogen-bond acceptors (Lipinski definition) is 4. The summed E-state index contributed by atoms with van der Waals surface area (Å²) in [5, 5.41) is 21.1. The van der Waals surface area contributed by atoms with Gasteiger partial charge in [0.15, 0.2) is 0 Å². The van der Waals surface area contributed by atoms with Gasteiger partial charge in [-0.25, -0.2) is 0 Å². The second kappa shape index (κ2) is 5.72. The van der Waals surface area contributed by atoms with Crippen LogP contribution in [0.25, 0.3) is 11.3 Å². The molecule has 0 fully saturated rings. The highest BCUT2D eigenvalue weighted by Crippen LogP contribution is 2.30. The molecule has 0 spiro atoms. The summed E-state index contributed by atoms with van der Waals surface area (Å²) in [5.41, 5.74) is 2.98. The standard InChI is InChI=1S/C14H12BrN3O/c1-9-7-13(16-2)17-18-14(9)11-4-3-10(5-6-15)8-12(11)19/h3-4,7-8,19H,1-2H3,(H,16,17). The van der Waals surface area contributed by atoms with Gasteiger partial charge in [-0.1, -0.05) is 5.92 Å². The molecule has 96 valence electrons. The molecule has 19 heavy (non-hydrogen) atoms. The lowest BCUT2D eigenvalue weighted by molar-refractivity contribution is 0.477. The number of aromatic hydroxyl groups is 1. The molecule has 1 heterocycles. The molecule has 0 unspecified atom stereocenters. The van der Waals surface area contributed by atoms with E-state index in [2.05, 4.69) is 42.2 Å². The highest BCUT2D eigenvalue weighted by molar-refractivity contribution is 9.12. The summed E-state index contributed by atoms with van der Waals surface area (Å²) >= 11 is 3.03. The van der Waals surface area contributed by atoms with Crippen LogP contribution < -0.4 is 5.32 Å². The van der Waals surface area contributed by atoms with Crippen molar-refractivity contribution in [3.05, 3.63) is 35.4 Å². The van der Waals surface area contributed by atoms with Crippen LogP contribution in [0.1, 0.15) is 11.1 Å². The maximum atomic E-state index is 10.1. The molecule has 4 nitrogen and oxygen atoms in total. The number of aryl methyl sites for hydroxylation is 1. The summed E-state index contributed by atoms with van der Waals surface area (Å²) in [6, 6.07) is 7.11. The molecule has 1 aromatic carbocycles. The first kappa shape index (κ1) is 13.4. The molecule has 2 N–H and O–H groups in total. The summed E-state index contributed by atoms with van der Waals surface area (Å²) in [5.74, 6) is 3.66. The molecule has 0 amide bonds. The smallest absolute Gasteiger partial charge is 0.148 e. The predicted octanol–water partition coefficient (Wildman–Crippen LogP) is 2.90. The third kappa shape index (κ3) is 2.85. The molecule has 0 bridgehead atoms. The van der Waals surface area contributed by atoms with E-state index in [4.69, 9.17) is 0 Å². The maximum Gasteiger partial charge on any atom is 0.148 e. The molecule has 0 aliphatic carbocycles. The van der Waals surface area contributed by atoms with Crippen molar-refractivity contribution in [3.63, 3.8) is 0 Å². The Morgan fingerprint density at radius 3 is 2.63 bits per heavy atom. The number of phenols is 1. The molecule has 1 aromatic heterocycles. The summed E-state index contributed by atoms with van der Waals surface area (Å²) in [7, 11) is 1.79. The van der Waals surface area contributed by atoms with E-state index in [0.717, 1.165) is 11.1 Å². The van der Waals surface area contributed by atoms with Gasteiger partial charge >= 0.3 is 0 Å². The van der Waals surface area contributed by atoms with E-state index in [1.54, 1.807) is 19.2 Å². The second-order valence-electron chi connectivity index (χ2n) is 3.96. The summed E-state index contributed by atoms with van der Waals surface area (Å²) < 4.78 is 0. The fourth-order valence-electron chi connectivity index (χ4n) is 1.74. The zero-order chi connectivity index (χ0) is 13.8. The van der Waals surface area contributed by atoms with E-state index in [0.29, 0.717) is 17.1 Å². The van der Waals surface area contributed by atoms with Gasteiger partial charge in [0, 0.05) is 34.1 Å². The van der Waals surface area contributed by atoms with Crippen molar-refractivity contribution in [3.8, 4) is 27.8 Å². The number of phenolic OH excluding ortho intramolecular Hbond substituents is 1. The minimum absolute atomic E-state index is 0.141. The van der Waals surface area contributed by atoms with Crippen LogP contribution in [0.4, 0.5) is 5.82 Å². The fourth-order valence-corrected chi connectivity index (χ4v) is 1.97. The summed E-state index contributed by atoms with van der Waals surface area (Å²) in [4.78, 5) is 2.61. The van der Waals surface area contributed by atoms with Gasteiger partial charge in [-0.3, -0.25) is 0 Å². The van der Waals surface area contributed by atoms with Gasteiger partial charge in [-0.2, -0.15) is 0 Å². The van der Waals surface area contributed by atoms with Crippen LogP contribution in [-0.4, -0.2) is 22.4 Å². The molecule has 5 heteroatoms. The number of nitrogens with one attached hydrogen (secondary N) is 1. The number of aromatic nitrogens is 2. The Balaban J connectivity index is 2.49. The Bertz CT molecular complexity index is 674. The first-order chi connectivity index (χ1) is 9.15. The van der Waals surface area contributed by atoms with Crippen LogP contribution >= 0.6 is 15.9 Å². The van der Waals surface area contributed by atoms with Gasteiger partial charge in [0.25, 0.3) is 0 Å². The van der Waals surface area contributed by atoms with Gasteiger partial charge in [0.2, 0.25) is 0 Å². The van der Waals surface area contributed by atoms with E-state index in [9.17, 15) is 5.11 Å². The first-order valence-corrected chi connectivity index (χ1v) is 6.42. The molecule has 0 radical (unpaired) electrons. The normalized spacial score (nSPS) is 9.63. The summed E-state index contributed by atoms with van der Waals surface area (Å²) in [6.45, 7) is 1.93. The molecule has 0 atom stereocenters. The monoisotopic (exact) mass is 317 g/mol. The van der Waals surface area contributed by atoms with Crippen molar-refractivity contribution in [2.75, 3.05) is 12.4 Å². The fraction of sp³-hybridized carbons (Fsp3) is 0.143. The lowest BCUT2D eigenvalue weighted by atomic mass is 10.0. The maximum absolute atomic E-state index is 10.1. The number of halogens is 1. The van der Waals surface area contributed by atoms with Crippen molar-refractivity contribution in [1.29, 1.82) is 0 Å². The van der Waals surface area contributed by atoms with Gasteiger partial charge in [-0.15, -0.1) is 10.2 Å². The largest absolute Gasteiger partial charge is 0.507 e. The van der Waals surface area contributed by atoms with E-state index >= 15 is 0 Å². The Morgan fingerprint density at radius 2 is 2.05 bits per heavy atom. The minimum atomic E-state index is 0.141. The van der Waals surface area contributed by atoms with Crippen LogP contribution in [0.3, 0.4) is 0 Å². The highest BCUT2D eigenvalue weighted by Gasteiger charge is 2.10. The van der Waals surface area contributed by atoms with Gasteiger partial charge in [0.05, 0.1) is 5.69 Å². The van der Waals surface area contributed by atoms with E-state index in [-0.39, 0.29) is 5.75 Å². The van der Waals surface area contributed by atoms with Gasteiger partial charge in [0.1, 0.15) is 11.6 Å². The van der Waals surface area contributed by atoms with E-state index < -0.39 is 0 Å². The average Bonchev–Trinajstić information content (AvgIpc) is 2.40. The second-order valence-corrected chi connectivity index (χ2v) is 4.36. The van der Waals surface area contributed by atoms with Crippen molar-refractivity contribution in [1.82, 2.24) is 10.2 Å². The van der Waals surface area contributed by atoms with E-state index in [1.165, 1.54) is 0 Å². The van der Waals surface area contributed by atoms with Crippen LogP contribution in [0.2, 0.25) is 0 Å². The molecule has 2 rings (SSSR count). The Hall–Kier alpha value is -2.06. The predicted molar refractivity (Wildman–Crippen MR) is 79.2 cm³/mol. The number of hydrogen-bond donors (Lipinski definition) is 2. The average molecular weight is 318 g/mol. The number of benzene rings is 1. The quantitative estimate of drug-likeness (QED) is 0.836. The number of anilines is 1. The molecule has 0 saturated heterocycles. The molecular weight excluding hydrogens is 306 g/mol. The lowest BCUT2D eigenvalue weighted by Gasteiger charge is -2.08. The molecule has 0 saturated carbocycles. The van der Waals surface area contributed by atoms with Crippen LogP contribution in [-0.2, 0) is 0 Å². The zero-order valence-corrected chi connectivity index (χ0v) is 12.1. The van der Waals surface area contributed by atoms with Gasteiger partial charge in [-0.05, 0) is 41.6 Å². The Kier molecular flexibility index (Phi) is 4.03. The third-order valence-corrected chi connectivity index (χ3v) is 2.88. The topological polar surface area (TPSA) is 58.0 Å². The highest BCUT2D eigenvalue weighted by atomic mass is 79.9. The van der Waals surface area contributed by atoms with Crippen molar-refractivity contribution < 1.29 is 5.11 Å². The molecule has 0 aliphatic rings. The molecular formula is C14H12BrN3O. The Morgan fingerprint density at radius 1 is 1.26 bits per heavy atom. The van der Waals surface area contributed by atoms with Crippen LogP contribution in [0.5, 0.6) is 5.75 Å². The van der Waals surface area contributed by atoms with Crippen LogP contribution in [0.15, 0.2) is 24.3 Å². The lowest BCUT2D eigenvalue weighted by Crippen LogP contribution is -1.98. The summed E-state index contributed by atoms with van der Waals surface area (Å²) in [6.07, 6.45) is 0. The zero-order valence-electron chi connectivity index (χ0n) is 10.5. The van der Waals surface area contributed by atoms with Gasteiger partial charge < -0.3 is 10.4 Å². The minimum Gasteiger partial charge on any atom is -0.507 e. The SMILES string of the molecule is CNc1cc(C)c(-c2ccc(C#CBr)cc2O)nn1. The Labute approximate surface area is 120 Å². The molecule has 0 aliphatic heterocycles.